The van der Waals surface area contributed by atoms with Crippen LogP contribution in [-0.2, 0) is 10.1 Å². The summed E-state index contributed by atoms with van der Waals surface area (Å²) >= 11 is 7.09. The van der Waals surface area contributed by atoms with E-state index in [0.717, 1.165) is 5.69 Å². The maximum Gasteiger partial charge on any atom is 0.266 e. The molecule has 6 nitrogen and oxygen atoms in total. The second-order valence-corrected chi connectivity index (χ2v) is 7.80. The van der Waals surface area contributed by atoms with Crippen LogP contribution < -0.4 is 10.1 Å². The Morgan fingerprint density at radius 1 is 1.20 bits per heavy atom. The molecule has 0 saturated carbocycles. The predicted molar refractivity (Wildman–Crippen MR) is 106 cm³/mol. The van der Waals surface area contributed by atoms with E-state index in [1.165, 1.54) is 18.3 Å². The number of anilines is 1. The van der Waals surface area contributed by atoms with Gasteiger partial charge in [0.1, 0.15) is 15.6 Å². The lowest BCUT2D eigenvalue weighted by molar-refractivity contribution is 0.464. The summed E-state index contributed by atoms with van der Waals surface area (Å²) in [7, 11) is -4.64. The summed E-state index contributed by atoms with van der Waals surface area (Å²) in [5, 5.41) is 3.19. The lowest BCUT2D eigenvalue weighted by Gasteiger charge is -2.16. The van der Waals surface area contributed by atoms with E-state index in [4.69, 9.17) is 17.0 Å². The number of aromatic nitrogens is 1. The van der Waals surface area contributed by atoms with Crippen LogP contribution in [0.2, 0.25) is 0 Å². The molecule has 0 aliphatic rings. The molecule has 1 heterocycles. The van der Waals surface area contributed by atoms with Crippen molar-refractivity contribution in [1.29, 1.82) is 0 Å². The van der Waals surface area contributed by atoms with Crippen LogP contribution in [0.25, 0.3) is 10.9 Å². The van der Waals surface area contributed by atoms with Crippen LogP contribution in [0.4, 0.5) is 5.69 Å². The minimum absolute atomic E-state index is 0.0776. The minimum Gasteiger partial charge on any atom is -0.744 e. The molecular formula is C16H10IN2O4S2-. The van der Waals surface area contributed by atoms with Crippen LogP contribution in [-0.4, -0.2) is 23.1 Å². The molecule has 3 rings (SSSR count). The molecule has 1 aromatic heterocycles. The Hall–Kier alpha value is -1.82. The number of nitrogens with zero attached hydrogens (tertiary/aromatic N) is 1. The molecule has 2 aromatic carbocycles. The normalized spacial score (nSPS) is 11.3. The summed E-state index contributed by atoms with van der Waals surface area (Å²) in [5.41, 5.74) is 1.000. The Balaban J connectivity index is 2.02. The molecule has 0 saturated heterocycles. The Kier molecular flexibility index (Phi) is 5.18. The fourth-order valence-electron chi connectivity index (χ4n) is 2.22. The van der Waals surface area contributed by atoms with Crippen molar-refractivity contribution >= 4 is 66.7 Å². The number of hydrogen-bond acceptors (Lipinski definition) is 6. The molecule has 0 spiro atoms. The molecule has 0 atom stereocenters. The average Bonchev–Trinajstić information content (AvgIpc) is 2.57. The molecule has 0 amide bonds. The number of nitrogens with one attached hydrogen (secondary N) is 1. The smallest absolute Gasteiger partial charge is 0.266 e. The number of thiocarbonyl (C=S) groups is 1. The number of rotatable bonds is 3. The lowest BCUT2D eigenvalue weighted by Crippen LogP contribution is -2.17. The number of para-hydroxylation sites is 1. The highest BCUT2D eigenvalue weighted by atomic mass is 127. The van der Waals surface area contributed by atoms with E-state index >= 15 is 0 Å². The number of ether oxygens (including phenoxy) is 1. The first-order valence-corrected chi connectivity index (χ1v) is 9.83. The molecule has 1 N–H and O–H groups in total. The van der Waals surface area contributed by atoms with E-state index in [2.05, 4.69) is 10.3 Å². The van der Waals surface area contributed by atoms with Crippen molar-refractivity contribution in [3.63, 3.8) is 0 Å². The van der Waals surface area contributed by atoms with Crippen molar-refractivity contribution in [3.8, 4) is 5.75 Å². The first kappa shape index (κ1) is 18.0. The molecule has 0 bridgehead atoms. The maximum absolute atomic E-state index is 11.5. The first-order valence-electron chi connectivity index (χ1n) is 6.93. The Bertz CT molecular complexity index is 1060. The van der Waals surface area contributed by atoms with Crippen molar-refractivity contribution in [2.24, 2.45) is 0 Å². The van der Waals surface area contributed by atoms with Crippen LogP contribution in [0.3, 0.4) is 0 Å². The van der Waals surface area contributed by atoms with Gasteiger partial charge in [-0.15, -0.1) is 0 Å². The molecule has 128 valence electrons. The number of benzene rings is 2. The fourth-order valence-corrected chi connectivity index (χ4v) is 4.00. The van der Waals surface area contributed by atoms with Crippen LogP contribution in [0.15, 0.2) is 59.6 Å². The summed E-state index contributed by atoms with van der Waals surface area (Å²) in [6.45, 7) is 0. The van der Waals surface area contributed by atoms with Gasteiger partial charge in [-0.1, -0.05) is 18.2 Å². The standard InChI is InChI=1S/C16H11IN2O4S2/c17-12-9-13(25(20,21)22)11-7-4-8-18-14(11)15(12)23-16(24)19-10-5-2-1-3-6-10/h1-9H,(H,19,24)(H,20,21,22)/p-1. The Morgan fingerprint density at radius 3 is 2.60 bits per heavy atom. The number of halogens is 1. The van der Waals surface area contributed by atoms with Gasteiger partial charge in [0.25, 0.3) is 5.17 Å². The van der Waals surface area contributed by atoms with E-state index in [-0.39, 0.29) is 26.7 Å². The van der Waals surface area contributed by atoms with Crippen molar-refractivity contribution in [2.45, 2.75) is 4.90 Å². The van der Waals surface area contributed by atoms with Gasteiger partial charge in [0.15, 0.2) is 5.75 Å². The van der Waals surface area contributed by atoms with E-state index in [1.54, 1.807) is 6.07 Å². The minimum atomic E-state index is -4.64. The highest BCUT2D eigenvalue weighted by molar-refractivity contribution is 14.1. The molecule has 0 aliphatic carbocycles. The molecule has 0 aliphatic heterocycles. The van der Waals surface area contributed by atoms with E-state index < -0.39 is 10.1 Å². The van der Waals surface area contributed by atoms with Crippen LogP contribution >= 0.6 is 34.8 Å². The van der Waals surface area contributed by atoms with Crippen LogP contribution in [0, 0.1) is 3.57 Å². The fraction of sp³-hybridized carbons (Fsp3) is 0. The number of hydrogen-bond donors (Lipinski definition) is 1. The Labute approximate surface area is 163 Å². The van der Waals surface area contributed by atoms with Gasteiger partial charge in [-0.05, 0) is 65.1 Å². The summed E-state index contributed by atoms with van der Waals surface area (Å²) in [6.07, 6.45) is 1.49. The highest BCUT2D eigenvalue weighted by Crippen LogP contribution is 2.34. The SMILES string of the molecule is O=S(=O)([O-])c1cc(I)c(OC(=S)Nc2ccccc2)c2ncccc12. The van der Waals surface area contributed by atoms with Crippen molar-refractivity contribution in [2.75, 3.05) is 5.32 Å². The predicted octanol–water partition coefficient (Wildman–Crippen LogP) is 3.52. The van der Waals surface area contributed by atoms with Gasteiger partial charge in [0.2, 0.25) is 0 Å². The zero-order valence-electron chi connectivity index (χ0n) is 12.5. The van der Waals surface area contributed by atoms with Crippen molar-refractivity contribution in [1.82, 2.24) is 4.98 Å². The molecular weight excluding hydrogens is 475 g/mol. The largest absolute Gasteiger partial charge is 0.744 e. The average molecular weight is 485 g/mol. The summed E-state index contributed by atoms with van der Waals surface area (Å²) in [6, 6.07) is 13.5. The lowest BCUT2D eigenvalue weighted by atomic mass is 10.2. The van der Waals surface area contributed by atoms with E-state index in [9.17, 15) is 13.0 Å². The molecule has 0 unspecified atom stereocenters. The third-order valence-electron chi connectivity index (χ3n) is 3.25. The van der Waals surface area contributed by atoms with Gasteiger partial charge in [0, 0.05) is 17.3 Å². The third-order valence-corrected chi connectivity index (χ3v) is 5.11. The molecule has 3 aromatic rings. The monoisotopic (exact) mass is 485 g/mol. The second kappa shape index (κ2) is 7.20. The Morgan fingerprint density at radius 2 is 1.92 bits per heavy atom. The molecule has 25 heavy (non-hydrogen) atoms. The topological polar surface area (TPSA) is 91.4 Å². The maximum atomic E-state index is 11.5. The van der Waals surface area contributed by atoms with Gasteiger partial charge in [-0.25, -0.2) is 8.42 Å². The van der Waals surface area contributed by atoms with E-state index in [0.29, 0.717) is 3.57 Å². The van der Waals surface area contributed by atoms with Crippen molar-refractivity contribution in [3.05, 3.63) is 58.3 Å². The van der Waals surface area contributed by atoms with Crippen molar-refractivity contribution < 1.29 is 17.7 Å². The van der Waals surface area contributed by atoms with E-state index in [1.807, 2.05) is 52.9 Å². The van der Waals surface area contributed by atoms with Crippen LogP contribution in [0.1, 0.15) is 0 Å². The van der Waals surface area contributed by atoms with Gasteiger partial charge >= 0.3 is 0 Å². The number of fused-ring (bicyclic) bond motifs is 1. The second-order valence-electron chi connectivity index (χ2n) is 4.92. The highest BCUT2D eigenvalue weighted by Gasteiger charge is 2.17. The van der Waals surface area contributed by atoms with Gasteiger partial charge < -0.3 is 14.6 Å². The number of pyridine rings is 1. The molecule has 0 radical (unpaired) electrons. The van der Waals surface area contributed by atoms with Gasteiger partial charge in [-0.2, -0.15) is 0 Å². The zero-order chi connectivity index (χ0) is 18.0. The first-order chi connectivity index (χ1) is 11.9. The van der Waals surface area contributed by atoms with Crippen LogP contribution in [0.5, 0.6) is 5.75 Å². The van der Waals surface area contributed by atoms with Gasteiger partial charge in [0.05, 0.1) is 8.47 Å². The third kappa shape index (κ3) is 4.06. The zero-order valence-corrected chi connectivity index (χ0v) is 16.3. The summed E-state index contributed by atoms with van der Waals surface area (Å²) in [5.74, 6) is 0.289. The molecule has 9 heteroatoms. The molecule has 0 fully saturated rings. The van der Waals surface area contributed by atoms with Gasteiger partial charge in [-0.3, -0.25) is 4.98 Å². The summed E-state index contributed by atoms with van der Waals surface area (Å²) < 4.78 is 40.6. The summed E-state index contributed by atoms with van der Waals surface area (Å²) in [4.78, 5) is 3.82. The quantitative estimate of drug-likeness (QED) is 0.345.